The summed E-state index contributed by atoms with van der Waals surface area (Å²) in [5.41, 5.74) is 2.05. The minimum Gasteiger partial charge on any atom is -0.307 e. The molecule has 0 aliphatic rings. The van der Waals surface area contributed by atoms with Crippen LogP contribution in [0.4, 0.5) is 5.69 Å². The van der Waals surface area contributed by atoms with Crippen molar-refractivity contribution in [3.8, 4) is 0 Å². The van der Waals surface area contributed by atoms with E-state index in [1.807, 2.05) is 79.4 Å². The molecule has 3 heteroatoms. The number of nitrogens with one attached hydrogen (secondary N) is 1. The highest BCUT2D eigenvalue weighted by molar-refractivity contribution is 5.94. The maximum Gasteiger partial charge on any atom is 0.241 e. The van der Waals surface area contributed by atoms with Crippen LogP contribution in [-0.2, 0) is 11.3 Å². The first-order valence-electron chi connectivity index (χ1n) is 7.29. The molecule has 2 rings (SSSR count). The molecule has 0 radical (unpaired) electrons. The van der Waals surface area contributed by atoms with E-state index >= 15 is 0 Å². The first kappa shape index (κ1) is 15.3. The third kappa shape index (κ3) is 4.72. The van der Waals surface area contributed by atoms with Gasteiger partial charge in [0.25, 0.3) is 0 Å². The second kappa shape index (κ2) is 7.60. The topological polar surface area (TPSA) is 32.3 Å². The molecule has 2 aromatic carbocycles. The van der Waals surface area contributed by atoms with Crippen LogP contribution in [0.2, 0.25) is 0 Å². The fourth-order valence-electron chi connectivity index (χ4n) is 2.08. The summed E-state index contributed by atoms with van der Waals surface area (Å²) in [5.74, 6) is 0.0822. The van der Waals surface area contributed by atoms with Gasteiger partial charge < -0.3 is 10.2 Å². The van der Waals surface area contributed by atoms with E-state index in [9.17, 15) is 4.79 Å². The number of benzene rings is 2. The molecule has 0 aliphatic carbocycles. The molecule has 1 amide bonds. The smallest absolute Gasteiger partial charge is 0.241 e. The van der Waals surface area contributed by atoms with Crippen LogP contribution in [0.15, 0.2) is 60.7 Å². The standard InChI is InChI=1S/C18H22N2O/c1-15(2)19-13-18(21)20(17-11-7-4-8-12-17)14-16-9-5-3-6-10-16/h3-12,15,19H,13-14H2,1-2H3. The molecule has 0 aliphatic heterocycles. The van der Waals surface area contributed by atoms with Crippen molar-refractivity contribution in [3.05, 3.63) is 66.2 Å². The largest absolute Gasteiger partial charge is 0.307 e. The molecule has 3 nitrogen and oxygen atoms in total. The minimum atomic E-state index is 0.0822. The summed E-state index contributed by atoms with van der Waals surface area (Å²) in [6.45, 7) is 5.01. The van der Waals surface area contributed by atoms with Gasteiger partial charge in [-0.25, -0.2) is 0 Å². The number of hydrogen-bond donors (Lipinski definition) is 1. The molecule has 0 atom stereocenters. The molecule has 0 saturated carbocycles. The fourth-order valence-corrected chi connectivity index (χ4v) is 2.08. The summed E-state index contributed by atoms with van der Waals surface area (Å²) in [6.07, 6.45) is 0. The lowest BCUT2D eigenvalue weighted by molar-refractivity contribution is -0.118. The Balaban J connectivity index is 2.16. The highest BCUT2D eigenvalue weighted by Gasteiger charge is 2.15. The molecule has 0 saturated heterocycles. The van der Waals surface area contributed by atoms with E-state index in [2.05, 4.69) is 5.32 Å². The monoisotopic (exact) mass is 282 g/mol. The average Bonchev–Trinajstić information content (AvgIpc) is 2.52. The Kier molecular flexibility index (Phi) is 5.52. The number of rotatable bonds is 6. The quantitative estimate of drug-likeness (QED) is 0.882. The van der Waals surface area contributed by atoms with Crippen LogP contribution in [0.1, 0.15) is 19.4 Å². The van der Waals surface area contributed by atoms with Crippen molar-refractivity contribution >= 4 is 11.6 Å². The van der Waals surface area contributed by atoms with Gasteiger partial charge >= 0.3 is 0 Å². The highest BCUT2D eigenvalue weighted by Crippen LogP contribution is 2.17. The number of carbonyl (C=O) groups is 1. The fraction of sp³-hybridized carbons (Fsp3) is 0.278. The van der Waals surface area contributed by atoms with E-state index in [-0.39, 0.29) is 5.91 Å². The Morgan fingerprint density at radius 3 is 2.14 bits per heavy atom. The molecule has 0 spiro atoms. The lowest BCUT2D eigenvalue weighted by atomic mass is 10.2. The number of hydrogen-bond acceptors (Lipinski definition) is 2. The van der Waals surface area contributed by atoms with E-state index in [1.54, 1.807) is 0 Å². The van der Waals surface area contributed by atoms with Gasteiger partial charge in [0.15, 0.2) is 0 Å². The number of nitrogens with zero attached hydrogens (tertiary/aromatic N) is 1. The minimum absolute atomic E-state index is 0.0822. The van der Waals surface area contributed by atoms with E-state index in [1.165, 1.54) is 0 Å². The van der Waals surface area contributed by atoms with Crippen LogP contribution in [0.5, 0.6) is 0 Å². The Labute approximate surface area is 126 Å². The summed E-state index contributed by atoms with van der Waals surface area (Å²) in [4.78, 5) is 14.3. The third-order valence-electron chi connectivity index (χ3n) is 3.21. The third-order valence-corrected chi connectivity index (χ3v) is 3.21. The summed E-state index contributed by atoms with van der Waals surface area (Å²) >= 11 is 0. The van der Waals surface area contributed by atoms with E-state index in [4.69, 9.17) is 0 Å². The SMILES string of the molecule is CC(C)NCC(=O)N(Cc1ccccc1)c1ccccc1. The van der Waals surface area contributed by atoms with Crippen molar-refractivity contribution in [2.45, 2.75) is 26.4 Å². The summed E-state index contributed by atoms with van der Waals surface area (Å²) in [5, 5.41) is 3.19. The second-order valence-corrected chi connectivity index (χ2v) is 5.34. The van der Waals surface area contributed by atoms with Gasteiger partial charge in [-0.3, -0.25) is 4.79 Å². The maximum absolute atomic E-state index is 12.5. The van der Waals surface area contributed by atoms with Gasteiger partial charge in [-0.15, -0.1) is 0 Å². The molecule has 110 valence electrons. The Hall–Kier alpha value is -2.13. The number of para-hydroxylation sites is 1. The van der Waals surface area contributed by atoms with Crippen LogP contribution in [0, 0.1) is 0 Å². The average molecular weight is 282 g/mol. The van der Waals surface area contributed by atoms with Gasteiger partial charge in [0, 0.05) is 11.7 Å². The van der Waals surface area contributed by atoms with Gasteiger partial charge in [-0.1, -0.05) is 62.4 Å². The molecular weight excluding hydrogens is 260 g/mol. The molecule has 0 fully saturated rings. The Morgan fingerprint density at radius 1 is 1.00 bits per heavy atom. The maximum atomic E-state index is 12.5. The molecule has 2 aromatic rings. The predicted molar refractivity (Wildman–Crippen MR) is 87.2 cm³/mol. The number of carbonyl (C=O) groups excluding carboxylic acids is 1. The highest BCUT2D eigenvalue weighted by atomic mass is 16.2. The van der Waals surface area contributed by atoms with Gasteiger partial charge in [0.1, 0.15) is 0 Å². The molecule has 0 bridgehead atoms. The van der Waals surface area contributed by atoms with Crippen molar-refractivity contribution in [2.75, 3.05) is 11.4 Å². The van der Waals surface area contributed by atoms with Crippen molar-refractivity contribution in [1.29, 1.82) is 0 Å². The number of amides is 1. The van der Waals surface area contributed by atoms with Crippen LogP contribution >= 0.6 is 0 Å². The zero-order valence-electron chi connectivity index (χ0n) is 12.6. The van der Waals surface area contributed by atoms with Crippen LogP contribution in [0.3, 0.4) is 0 Å². The van der Waals surface area contributed by atoms with Gasteiger partial charge in [-0.05, 0) is 17.7 Å². The summed E-state index contributed by atoms with van der Waals surface area (Å²) < 4.78 is 0. The van der Waals surface area contributed by atoms with Crippen molar-refractivity contribution in [3.63, 3.8) is 0 Å². The molecule has 1 N–H and O–H groups in total. The van der Waals surface area contributed by atoms with E-state index in [0.29, 0.717) is 19.1 Å². The zero-order valence-corrected chi connectivity index (χ0v) is 12.6. The van der Waals surface area contributed by atoms with Gasteiger partial charge in [0.2, 0.25) is 5.91 Å². The van der Waals surface area contributed by atoms with Crippen LogP contribution in [0.25, 0.3) is 0 Å². The van der Waals surface area contributed by atoms with Crippen LogP contribution in [-0.4, -0.2) is 18.5 Å². The molecular formula is C18H22N2O. The molecule has 0 heterocycles. The first-order chi connectivity index (χ1) is 10.2. The molecule has 0 unspecified atom stereocenters. The first-order valence-corrected chi connectivity index (χ1v) is 7.29. The number of anilines is 1. The molecule has 0 aromatic heterocycles. The van der Waals surface area contributed by atoms with Crippen LogP contribution < -0.4 is 10.2 Å². The predicted octanol–water partition coefficient (Wildman–Crippen LogP) is 3.22. The van der Waals surface area contributed by atoms with Gasteiger partial charge in [-0.2, -0.15) is 0 Å². The summed E-state index contributed by atoms with van der Waals surface area (Å²) in [6, 6.07) is 20.2. The Morgan fingerprint density at radius 2 is 1.57 bits per heavy atom. The lowest BCUT2D eigenvalue weighted by Gasteiger charge is -2.24. The van der Waals surface area contributed by atoms with E-state index < -0.39 is 0 Å². The zero-order chi connectivity index (χ0) is 15.1. The molecule has 21 heavy (non-hydrogen) atoms. The normalized spacial score (nSPS) is 10.6. The summed E-state index contributed by atoms with van der Waals surface area (Å²) in [7, 11) is 0. The van der Waals surface area contributed by atoms with Crippen molar-refractivity contribution in [2.24, 2.45) is 0 Å². The van der Waals surface area contributed by atoms with Gasteiger partial charge in [0.05, 0.1) is 13.1 Å². The lowest BCUT2D eigenvalue weighted by Crippen LogP contribution is -2.40. The Bertz CT molecular complexity index is 552. The second-order valence-electron chi connectivity index (χ2n) is 5.34. The van der Waals surface area contributed by atoms with Crippen molar-refractivity contribution in [1.82, 2.24) is 5.32 Å². The van der Waals surface area contributed by atoms with E-state index in [0.717, 1.165) is 11.3 Å². The van der Waals surface area contributed by atoms with Crippen molar-refractivity contribution < 1.29 is 4.79 Å².